The van der Waals surface area contributed by atoms with Crippen LogP contribution >= 0.6 is 12.4 Å². The van der Waals surface area contributed by atoms with E-state index in [1.165, 1.54) is 71.0 Å². The molecule has 3 fully saturated rings. The summed E-state index contributed by atoms with van der Waals surface area (Å²) in [4.78, 5) is 5.53. The molecule has 3 heteroatoms. The molecular weight excluding hydrogens is 376 g/mol. The molecule has 1 unspecified atom stereocenters. The van der Waals surface area contributed by atoms with E-state index in [-0.39, 0.29) is 12.4 Å². The van der Waals surface area contributed by atoms with E-state index in [1.807, 2.05) is 0 Å². The lowest BCUT2D eigenvalue weighted by Gasteiger charge is -2.45. The molecule has 2 nitrogen and oxygen atoms in total. The van der Waals surface area contributed by atoms with Crippen LogP contribution in [0.1, 0.15) is 90.5 Å². The summed E-state index contributed by atoms with van der Waals surface area (Å²) < 4.78 is 0. The van der Waals surface area contributed by atoms with Gasteiger partial charge in [-0.05, 0) is 74.3 Å². The van der Waals surface area contributed by atoms with Crippen LogP contribution in [-0.4, -0.2) is 36.6 Å². The van der Waals surface area contributed by atoms with Gasteiger partial charge < -0.3 is 4.90 Å². The molecule has 4 rings (SSSR count). The third-order valence-electron chi connectivity index (χ3n) is 8.14. The van der Waals surface area contributed by atoms with Crippen molar-refractivity contribution >= 4 is 18.1 Å². The number of piperazine rings is 1. The summed E-state index contributed by atoms with van der Waals surface area (Å²) in [5.74, 6) is 1.65. The van der Waals surface area contributed by atoms with Crippen LogP contribution in [0.5, 0.6) is 0 Å². The lowest BCUT2D eigenvalue weighted by molar-refractivity contribution is 0.164. The molecule has 1 aliphatic heterocycles. The molecule has 0 N–H and O–H groups in total. The maximum atomic E-state index is 2.80. The fourth-order valence-corrected chi connectivity index (χ4v) is 6.31. The smallest absolute Gasteiger partial charge is 0.0404 e. The van der Waals surface area contributed by atoms with E-state index in [0.717, 1.165) is 17.9 Å². The van der Waals surface area contributed by atoms with Crippen LogP contribution in [-0.2, 0) is 0 Å². The summed E-state index contributed by atoms with van der Waals surface area (Å²) in [5, 5.41) is 0. The second-order valence-corrected chi connectivity index (χ2v) is 10.9. The highest BCUT2D eigenvalue weighted by atomic mass is 35.5. The summed E-state index contributed by atoms with van der Waals surface area (Å²) in [6.07, 6.45) is 11.3. The van der Waals surface area contributed by atoms with Crippen molar-refractivity contribution in [1.29, 1.82) is 0 Å². The zero-order chi connectivity index (χ0) is 19.7. The van der Waals surface area contributed by atoms with Gasteiger partial charge in [0.05, 0.1) is 0 Å². The summed E-state index contributed by atoms with van der Waals surface area (Å²) in [7, 11) is 0. The fourth-order valence-electron chi connectivity index (χ4n) is 6.31. The number of anilines is 1. The highest BCUT2D eigenvalue weighted by Crippen LogP contribution is 2.45. The molecule has 2 saturated carbocycles. The van der Waals surface area contributed by atoms with Crippen LogP contribution in [0.3, 0.4) is 0 Å². The van der Waals surface area contributed by atoms with Gasteiger partial charge in [0.25, 0.3) is 0 Å². The Kier molecular flexibility index (Phi) is 7.60. The highest BCUT2D eigenvalue weighted by molar-refractivity contribution is 5.85. The highest BCUT2D eigenvalue weighted by Gasteiger charge is 2.34. The van der Waals surface area contributed by atoms with Gasteiger partial charge in [-0.25, -0.2) is 0 Å². The second-order valence-electron chi connectivity index (χ2n) is 10.9. The number of nitrogens with zero attached hydrogens (tertiary/aromatic N) is 2. The quantitative estimate of drug-likeness (QED) is 0.527. The first-order valence-corrected chi connectivity index (χ1v) is 12.0. The van der Waals surface area contributed by atoms with E-state index in [4.69, 9.17) is 0 Å². The molecule has 0 radical (unpaired) electrons. The Labute approximate surface area is 185 Å². The molecule has 0 bridgehead atoms. The predicted molar refractivity (Wildman–Crippen MR) is 128 cm³/mol. The van der Waals surface area contributed by atoms with E-state index in [1.54, 1.807) is 11.3 Å². The van der Waals surface area contributed by atoms with Crippen LogP contribution < -0.4 is 4.90 Å². The minimum atomic E-state index is 0. The molecule has 2 aliphatic carbocycles. The van der Waals surface area contributed by atoms with Crippen molar-refractivity contribution in [2.45, 2.75) is 97.1 Å². The van der Waals surface area contributed by atoms with Crippen molar-refractivity contribution in [3.63, 3.8) is 0 Å². The monoisotopic (exact) mass is 418 g/mol. The van der Waals surface area contributed by atoms with Crippen molar-refractivity contribution in [3.8, 4) is 0 Å². The van der Waals surface area contributed by atoms with Crippen molar-refractivity contribution in [2.24, 2.45) is 11.3 Å². The fraction of sp³-hybridized carbons (Fsp3) is 0.769. The molecule has 1 aromatic carbocycles. The van der Waals surface area contributed by atoms with Crippen LogP contribution in [0.2, 0.25) is 0 Å². The van der Waals surface area contributed by atoms with Gasteiger partial charge in [-0.15, -0.1) is 12.4 Å². The molecule has 3 aliphatic rings. The van der Waals surface area contributed by atoms with Crippen molar-refractivity contribution in [1.82, 2.24) is 4.90 Å². The molecule has 0 aromatic heterocycles. The third kappa shape index (κ3) is 5.13. The maximum absolute atomic E-state index is 2.80. The number of hydrogen-bond donors (Lipinski definition) is 0. The maximum Gasteiger partial charge on any atom is 0.0404 e. The van der Waals surface area contributed by atoms with Gasteiger partial charge >= 0.3 is 0 Å². The van der Waals surface area contributed by atoms with E-state index in [9.17, 15) is 0 Å². The first-order valence-electron chi connectivity index (χ1n) is 12.0. The van der Waals surface area contributed by atoms with Gasteiger partial charge in [0.15, 0.2) is 0 Å². The van der Waals surface area contributed by atoms with Crippen LogP contribution in [0.4, 0.5) is 5.69 Å². The average molecular weight is 419 g/mol. The molecule has 1 saturated heterocycles. The lowest BCUT2D eigenvalue weighted by atomic mass is 9.68. The van der Waals surface area contributed by atoms with Gasteiger partial charge in [0.1, 0.15) is 0 Å². The largest absolute Gasteiger partial charge is 0.366 e. The van der Waals surface area contributed by atoms with Crippen LogP contribution in [0.25, 0.3) is 0 Å². The number of benzene rings is 1. The topological polar surface area (TPSA) is 6.48 Å². The van der Waals surface area contributed by atoms with Gasteiger partial charge in [0, 0.05) is 37.4 Å². The number of rotatable bonds is 3. The molecular formula is C26H43ClN2. The zero-order valence-electron chi connectivity index (χ0n) is 19.2. The number of para-hydroxylation sites is 1. The SMILES string of the molecule is CC1CN(C2CCCC2)CCN1c1ccccc1C1CCC(C(C)(C)C)CC1.Cl. The Bertz CT molecular complexity index is 638. The summed E-state index contributed by atoms with van der Waals surface area (Å²) in [6, 6.07) is 10.9. The average Bonchev–Trinajstić information content (AvgIpc) is 3.22. The van der Waals surface area contributed by atoms with E-state index in [0.29, 0.717) is 11.5 Å². The first kappa shape index (κ1) is 22.9. The molecule has 0 spiro atoms. The Morgan fingerprint density at radius 3 is 2.14 bits per heavy atom. The summed E-state index contributed by atoms with van der Waals surface area (Å²) in [5.41, 5.74) is 3.64. The van der Waals surface area contributed by atoms with E-state index < -0.39 is 0 Å². The molecule has 1 aromatic rings. The van der Waals surface area contributed by atoms with Gasteiger partial charge in [-0.1, -0.05) is 51.8 Å². The standard InChI is InChI=1S/C26H42N2.ClH/c1-20-19-27(23-9-5-6-10-23)17-18-28(20)25-12-8-7-11-24(25)21-13-15-22(16-14-21)26(2,3)4;/h7-8,11-12,20-23H,5-6,9-10,13-19H2,1-4H3;1H. The van der Waals surface area contributed by atoms with Crippen molar-refractivity contribution in [2.75, 3.05) is 24.5 Å². The summed E-state index contributed by atoms with van der Waals surface area (Å²) in [6.45, 7) is 13.4. The first-order chi connectivity index (χ1) is 13.4. The Balaban J connectivity index is 0.00000240. The Morgan fingerprint density at radius 2 is 1.52 bits per heavy atom. The predicted octanol–water partition coefficient (Wildman–Crippen LogP) is 6.88. The van der Waals surface area contributed by atoms with Gasteiger partial charge in [0.2, 0.25) is 0 Å². The van der Waals surface area contributed by atoms with Gasteiger partial charge in [-0.2, -0.15) is 0 Å². The molecule has 1 heterocycles. The minimum Gasteiger partial charge on any atom is -0.366 e. The minimum absolute atomic E-state index is 0. The molecule has 29 heavy (non-hydrogen) atoms. The van der Waals surface area contributed by atoms with Crippen LogP contribution in [0, 0.1) is 11.3 Å². The normalized spacial score (nSPS) is 29.7. The summed E-state index contributed by atoms with van der Waals surface area (Å²) >= 11 is 0. The zero-order valence-corrected chi connectivity index (χ0v) is 20.0. The van der Waals surface area contributed by atoms with Crippen molar-refractivity contribution < 1.29 is 0 Å². The molecule has 0 amide bonds. The van der Waals surface area contributed by atoms with E-state index >= 15 is 0 Å². The van der Waals surface area contributed by atoms with Crippen LogP contribution in [0.15, 0.2) is 24.3 Å². The van der Waals surface area contributed by atoms with Crippen molar-refractivity contribution in [3.05, 3.63) is 29.8 Å². The van der Waals surface area contributed by atoms with Gasteiger partial charge in [-0.3, -0.25) is 4.90 Å². The Hall–Kier alpha value is -0.730. The molecule has 1 atom stereocenters. The Morgan fingerprint density at radius 1 is 0.862 bits per heavy atom. The lowest BCUT2D eigenvalue weighted by Crippen LogP contribution is -2.54. The third-order valence-corrected chi connectivity index (χ3v) is 8.14. The molecule has 164 valence electrons. The second kappa shape index (κ2) is 9.60. The number of halogens is 1. The van der Waals surface area contributed by atoms with E-state index in [2.05, 4.69) is 61.8 Å². The number of hydrogen-bond acceptors (Lipinski definition) is 2.